The van der Waals surface area contributed by atoms with Gasteiger partial charge in [-0.25, -0.2) is 18.4 Å². The van der Waals surface area contributed by atoms with Crippen molar-refractivity contribution in [2.75, 3.05) is 30.0 Å². The van der Waals surface area contributed by atoms with Crippen LogP contribution in [0.5, 0.6) is 0 Å². The van der Waals surface area contributed by atoms with Crippen LogP contribution in [0.4, 0.5) is 11.6 Å². The molecule has 1 heterocycles. The number of nitrogens with one attached hydrogen (secondary N) is 1. The topological polar surface area (TPSA) is 75.2 Å². The summed E-state index contributed by atoms with van der Waals surface area (Å²) in [6.45, 7) is 0. The van der Waals surface area contributed by atoms with Gasteiger partial charge in [-0.15, -0.1) is 0 Å². The molecule has 0 saturated carbocycles. The SMILES string of the molecule is CN(C)c1nc(C(Cl)(Cl)Cl)nc(NS(C)(=O)=O)c1-c1ccccc1. The molecule has 0 atom stereocenters. The van der Waals surface area contributed by atoms with Crippen LogP contribution < -0.4 is 9.62 Å². The second-order valence-corrected chi connectivity index (χ2v) is 9.26. The summed E-state index contributed by atoms with van der Waals surface area (Å²) in [7, 11) is -0.0981. The number of hydrogen-bond acceptors (Lipinski definition) is 5. The highest BCUT2D eigenvalue weighted by molar-refractivity contribution is 7.92. The van der Waals surface area contributed by atoms with Gasteiger partial charge >= 0.3 is 0 Å². The van der Waals surface area contributed by atoms with Gasteiger partial charge in [-0.3, -0.25) is 4.72 Å². The van der Waals surface area contributed by atoms with Crippen LogP contribution in [-0.2, 0) is 13.8 Å². The Hall–Kier alpha value is -1.28. The fourth-order valence-corrected chi connectivity index (χ4v) is 2.77. The molecule has 0 aliphatic heterocycles. The van der Waals surface area contributed by atoms with E-state index < -0.39 is 13.8 Å². The Labute approximate surface area is 155 Å². The first kappa shape index (κ1) is 19.1. The molecule has 0 spiro atoms. The molecule has 0 aliphatic rings. The van der Waals surface area contributed by atoms with Crippen LogP contribution >= 0.6 is 34.8 Å². The fraction of sp³-hybridized carbons (Fsp3) is 0.286. The monoisotopic (exact) mass is 408 g/mol. The summed E-state index contributed by atoms with van der Waals surface area (Å²) in [5.41, 5.74) is 1.22. The van der Waals surface area contributed by atoms with E-state index in [0.29, 0.717) is 11.4 Å². The van der Waals surface area contributed by atoms with Gasteiger partial charge in [0.2, 0.25) is 13.8 Å². The number of halogens is 3. The van der Waals surface area contributed by atoms with Crippen molar-refractivity contribution < 1.29 is 8.42 Å². The Morgan fingerprint density at radius 1 is 1.08 bits per heavy atom. The average molecular weight is 410 g/mol. The van der Waals surface area contributed by atoms with E-state index in [1.54, 1.807) is 19.0 Å². The van der Waals surface area contributed by atoms with Crippen LogP contribution in [0.1, 0.15) is 5.82 Å². The summed E-state index contributed by atoms with van der Waals surface area (Å²) in [4.78, 5) is 10.1. The summed E-state index contributed by atoms with van der Waals surface area (Å²) in [5, 5.41) is 0. The van der Waals surface area contributed by atoms with E-state index in [0.717, 1.165) is 11.8 Å². The Kier molecular flexibility index (Phi) is 5.49. The minimum absolute atomic E-state index is 0.0451. The number of benzene rings is 1. The Bertz CT molecular complexity index is 837. The first-order chi connectivity index (χ1) is 11.0. The normalized spacial score (nSPS) is 12.1. The van der Waals surface area contributed by atoms with Gasteiger partial charge in [-0.2, -0.15) is 0 Å². The number of alkyl halides is 3. The van der Waals surface area contributed by atoms with Crippen LogP contribution in [0.15, 0.2) is 30.3 Å². The van der Waals surface area contributed by atoms with Crippen LogP contribution in [0.2, 0.25) is 0 Å². The highest BCUT2D eigenvalue weighted by Crippen LogP contribution is 2.41. The van der Waals surface area contributed by atoms with E-state index in [1.165, 1.54) is 0 Å². The van der Waals surface area contributed by atoms with E-state index in [9.17, 15) is 8.42 Å². The summed E-state index contributed by atoms with van der Waals surface area (Å²) in [5.74, 6) is 0.342. The lowest BCUT2D eigenvalue weighted by Crippen LogP contribution is -2.20. The average Bonchev–Trinajstić information content (AvgIpc) is 2.44. The summed E-state index contributed by atoms with van der Waals surface area (Å²) >= 11 is 17.7. The van der Waals surface area contributed by atoms with Crippen molar-refractivity contribution in [1.29, 1.82) is 0 Å². The second-order valence-electron chi connectivity index (χ2n) is 5.23. The van der Waals surface area contributed by atoms with Gasteiger partial charge in [-0.05, 0) is 5.56 Å². The molecule has 1 N–H and O–H groups in total. The molecule has 2 rings (SSSR count). The van der Waals surface area contributed by atoms with Crippen LogP contribution in [0.25, 0.3) is 11.1 Å². The van der Waals surface area contributed by atoms with E-state index in [-0.39, 0.29) is 11.6 Å². The first-order valence-electron chi connectivity index (χ1n) is 6.69. The van der Waals surface area contributed by atoms with Crippen LogP contribution in [0, 0.1) is 0 Å². The van der Waals surface area contributed by atoms with Gasteiger partial charge in [0.15, 0.2) is 11.6 Å². The van der Waals surface area contributed by atoms with Crippen LogP contribution in [-0.4, -0.2) is 38.7 Å². The summed E-state index contributed by atoms with van der Waals surface area (Å²) in [6, 6.07) is 9.12. The number of sulfonamides is 1. The van der Waals surface area contributed by atoms with E-state index in [4.69, 9.17) is 34.8 Å². The minimum atomic E-state index is -3.60. The lowest BCUT2D eigenvalue weighted by Gasteiger charge is -2.22. The maximum Gasteiger partial charge on any atom is 0.250 e. The molecule has 0 radical (unpaired) electrons. The summed E-state index contributed by atoms with van der Waals surface area (Å²) < 4.78 is 24.0. The number of hydrogen-bond donors (Lipinski definition) is 1. The van der Waals surface area contributed by atoms with Crippen LogP contribution in [0.3, 0.4) is 0 Å². The smallest absolute Gasteiger partial charge is 0.250 e. The Morgan fingerprint density at radius 3 is 2.12 bits per heavy atom. The molecule has 1 aromatic carbocycles. The molecule has 0 bridgehead atoms. The van der Waals surface area contributed by atoms with Crippen molar-refractivity contribution in [3.05, 3.63) is 36.2 Å². The van der Waals surface area contributed by atoms with Gasteiger partial charge in [0.25, 0.3) is 0 Å². The van der Waals surface area contributed by atoms with Gasteiger partial charge in [0.1, 0.15) is 5.82 Å². The minimum Gasteiger partial charge on any atom is -0.362 e. The molecule has 0 aliphatic carbocycles. The van der Waals surface area contributed by atoms with Crippen molar-refractivity contribution in [3.8, 4) is 11.1 Å². The zero-order valence-corrected chi connectivity index (χ0v) is 16.2. The third-order valence-corrected chi connectivity index (χ3v) is 3.98. The third kappa shape index (κ3) is 4.63. The maximum absolute atomic E-state index is 11.7. The molecule has 130 valence electrons. The van der Waals surface area contributed by atoms with E-state index >= 15 is 0 Å². The highest BCUT2D eigenvalue weighted by atomic mass is 35.6. The molecule has 24 heavy (non-hydrogen) atoms. The quantitative estimate of drug-likeness (QED) is 0.783. The van der Waals surface area contributed by atoms with E-state index in [1.807, 2.05) is 30.3 Å². The predicted octanol–water partition coefficient (Wildman–Crippen LogP) is 3.41. The second kappa shape index (κ2) is 6.92. The molecule has 0 unspecified atom stereocenters. The lowest BCUT2D eigenvalue weighted by molar-refractivity contribution is 0.606. The number of anilines is 2. The van der Waals surface area contributed by atoms with Gasteiger partial charge in [0, 0.05) is 14.1 Å². The van der Waals surface area contributed by atoms with Crippen molar-refractivity contribution in [2.24, 2.45) is 0 Å². The molecule has 10 heteroatoms. The molecule has 0 amide bonds. The molecule has 2 aromatic rings. The molecule has 0 saturated heterocycles. The first-order valence-corrected chi connectivity index (χ1v) is 9.71. The molecule has 1 aromatic heterocycles. The zero-order valence-electron chi connectivity index (χ0n) is 13.1. The van der Waals surface area contributed by atoms with Gasteiger partial charge in [-0.1, -0.05) is 65.1 Å². The highest BCUT2D eigenvalue weighted by Gasteiger charge is 2.31. The Balaban J connectivity index is 2.83. The predicted molar refractivity (Wildman–Crippen MR) is 99.5 cm³/mol. The molecule has 0 fully saturated rings. The largest absolute Gasteiger partial charge is 0.362 e. The molecular formula is C14H15Cl3N4O2S. The summed E-state index contributed by atoms with van der Waals surface area (Å²) in [6.07, 6.45) is 1.02. The van der Waals surface area contributed by atoms with Gasteiger partial charge < -0.3 is 4.90 Å². The standard InChI is InChI=1S/C14H15Cl3N4O2S/c1-21(2)12-10(9-7-5-4-6-8-9)11(20-24(3,22)23)18-13(19-12)14(15,16)17/h4-8H,1-3H3,(H,18,19,20). The maximum atomic E-state index is 11.7. The number of aromatic nitrogens is 2. The van der Waals surface area contributed by atoms with Crippen molar-refractivity contribution in [1.82, 2.24) is 9.97 Å². The lowest BCUT2D eigenvalue weighted by atomic mass is 10.1. The van der Waals surface area contributed by atoms with Crippen molar-refractivity contribution >= 4 is 56.5 Å². The zero-order chi connectivity index (χ0) is 18.1. The number of nitrogens with zero attached hydrogens (tertiary/aromatic N) is 3. The Morgan fingerprint density at radius 2 is 1.67 bits per heavy atom. The molecule has 6 nitrogen and oxygen atoms in total. The molecular weight excluding hydrogens is 395 g/mol. The van der Waals surface area contributed by atoms with Gasteiger partial charge in [0.05, 0.1) is 11.8 Å². The fourth-order valence-electron chi connectivity index (χ4n) is 2.02. The van der Waals surface area contributed by atoms with Crippen molar-refractivity contribution in [3.63, 3.8) is 0 Å². The number of rotatable bonds is 4. The third-order valence-electron chi connectivity index (χ3n) is 2.91. The van der Waals surface area contributed by atoms with Crippen molar-refractivity contribution in [2.45, 2.75) is 3.79 Å². The van der Waals surface area contributed by atoms with E-state index in [2.05, 4.69) is 14.7 Å².